The zero-order valence-corrected chi connectivity index (χ0v) is 21.2. The second-order valence-electron chi connectivity index (χ2n) is 9.69. The number of nitrogens with one attached hydrogen (secondary N) is 3. The van der Waals surface area contributed by atoms with Crippen LogP contribution in [0.5, 0.6) is 0 Å². The fourth-order valence-electron chi connectivity index (χ4n) is 5.40. The fourth-order valence-corrected chi connectivity index (χ4v) is 5.40. The highest BCUT2D eigenvalue weighted by molar-refractivity contribution is 5.87. The van der Waals surface area contributed by atoms with E-state index in [1.807, 2.05) is 42.2 Å². The van der Waals surface area contributed by atoms with E-state index < -0.39 is 12.2 Å². The summed E-state index contributed by atoms with van der Waals surface area (Å²) in [5.74, 6) is 1.49. The lowest BCUT2D eigenvalue weighted by Gasteiger charge is -2.27. The molecular weight excluding hydrogens is 468 g/mol. The van der Waals surface area contributed by atoms with Crippen molar-refractivity contribution in [2.45, 2.75) is 37.5 Å². The van der Waals surface area contributed by atoms with Gasteiger partial charge in [-0.25, -0.2) is 9.97 Å². The predicted molar refractivity (Wildman–Crippen MR) is 145 cm³/mol. The third-order valence-electron chi connectivity index (χ3n) is 7.35. The molecule has 196 valence electrons. The number of hydrogen-bond donors (Lipinski definition) is 5. The van der Waals surface area contributed by atoms with Crippen molar-refractivity contribution in [1.29, 1.82) is 0 Å². The van der Waals surface area contributed by atoms with Gasteiger partial charge in [-0.2, -0.15) is 5.10 Å². The van der Waals surface area contributed by atoms with Gasteiger partial charge >= 0.3 is 0 Å². The number of aromatic amines is 1. The van der Waals surface area contributed by atoms with Gasteiger partial charge < -0.3 is 30.3 Å². The summed E-state index contributed by atoms with van der Waals surface area (Å²) in [7, 11) is 1.83. The molecule has 1 aromatic carbocycles. The van der Waals surface area contributed by atoms with Gasteiger partial charge in [-0.1, -0.05) is 30.3 Å². The number of nitrogens with zero attached hydrogens (tertiary/aromatic N) is 5. The Morgan fingerprint density at radius 2 is 1.95 bits per heavy atom. The lowest BCUT2D eigenvalue weighted by molar-refractivity contribution is 0.00790. The quantitative estimate of drug-likeness (QED) is 0.186. The molecule has 0 radical (unpaired) electrons. The highest BCUT2D eigenvalue weighted by Gasteiger charge is 2.43. The maximum Gasteiger partial charge on any atom is 0.150 e. The van der Waals surface area contributed by atoms with Gasteiger partial charge in [-0.15, -0.1) is 0 Å². The molecule has 10 nitrogen and oxygen atoms in total. The van der Waals surface area contributed by atoms with Crippen molar-refractivity contribution in [2.24, 2.45) is 5.92 Å². The molecule has 1 aliphatic rings. The topological polar surface area (TPSA) is 127 Å². The minimum absolute atomic E-state index is 0.106. The van der Waals surface area contributed by atoms with Crippen LogP contribution in [0.4, 0.5) is 11.6 Å². The van der Waals surface area contributed by atoms with Crippen LogP contribution < -0.4 is 15.5 Å². The predicted octanol–water partition coefficient (Wildman–Crippen LogP) is 2.21. The van der Waals surface area contributed by atoms with E-state index in [2.05, 4.69) is 60.0 Å². The van der Waals surface area contributed by atoms with E-state index >= 15 is 0 Å². The summed E-state index contributed by atoms with van der Waals surface area (Å²) in [6.45, 7) is 3.25. The number of aliphatic hydroxyl groups is 2. The number of aromatic nitrogens is 5. The molecule has 10 heteroatoms. The third kappa shape index (κ3) is 5.61. The minimum atomic E-state index is -0.880. The summed E-state index contributed by atoms with van der Waals surface area (Å²) >= 11 is 0. The first-order valence-electron chi connectivity index (χ1n) is 13.0. The Morgan fingerprint density at radius 3 is 2.73 bits per heavy atom. The normalized spacial score (nSPS) is 21.5. The Kier molecular flexibility index (Phi) is 7.98. The van der Waals surface area contributed by atoms with Gasteiger partial charge in [-0.3, -0.25) is 5.10 Å². The first-order valence-corrected chi connectivity index (χ1v) is 13.0. The molecule has 0 spiro atoms. The van der Waals surface area contributed by atoms with Crippen molar-refractivity contribution in [1.82, 2.24) is 30.0 Å². The Morgan fingerprint density at radius 1 is 1.08 bits per heavy atom. The van der Waals surface area contributed by atoms with Crippen LogP contribution in [0.1, 0.15) is 24.4 Å². The fraction of sp³-hybridized carbons (Fsp3) is 0.444. The van der Waals surface area contributed by atoms with Crippen LogP contribution in [0.15, 0.2) is 61.2 Å². The lowest BCUT2D eigenvalue weighted by atomic mass is 10.0. The molecule has 1 fully saturated rings. The molecular formula is C27H36N8O2. The highest BCUT2D eigenvalue weighted by Crippen LogP contribution is 2.38. The van der Waals surface area contributed by atoms with Crippen LogP contribution in [0.3, 0.4) is 0 Å². The second kappa shape index (κ2) is 11.7. The average molecular weight is 505 g/mol. The van der Waals surface area contributed by atoms with Crippen molar-refractivity contribution in [3.8, 4) is 0 Å². The second-order valence-corrected chi connectivity index (χ2v) is 9.69. The minimum Gasteiger partial charge on any atom is -0.390 e. The number of benzene rings is 1. The van der Waals surface area contributed by atoms with Crippen LogP contribution >= 0.6 is 0 Å². The van der Waals surface area contributed by atoms with Crippen molar-refractivity contribution in [3.05, 3.63) is 66.7 Å². The molecule has 0 saturated heterocycles. The van der Waals surface area contributed by atoms with Crippen LogP contribution in [0.25, 0.3) is 11.0 Å². The van der Waals surface area contributed by atoms with Crippen LogP contribution in [0.2, 0.25) is 0 Å². The van der Waals surface area contributed by atoms with Crippen LogP contribution in [0, 0.1) is 5.92 Å². The van der Waals surface area contributed by atoms with Gasteiger partial charge in [-0.05, 0) is 44.0 Å². The smallest absolute Gasteiger partial charge is 0.150 e. The molecule has 4 atom stereocenters. The zero-order chi connectivity index (χ0) is 25.6. The molecule has 1 aliphatic carbocycles. The van der Waals surface area contributed by atoms with E-state index in [4.69, 9.17) is 0 Å². The highest BCUT2D eigenvalue weighted by atomic mass is 16.3. The lowest BCUT2D eigenvalue weighted by Crippen LogP contribution is -2.37. The number of anilines is 2. The van der Waals surface area contributed by atoms with E-state index in [1.54, 1.807) is 0 Å². The number of H-pyrrole nitrogens is 1. The van der Waals surface area contributed by atoms with Gasteiger partial charge in [0.1, 0.15) is 29.7 Å². The Labute approximate surface area is 216 Å². The molecule has 5 rings (SSSR count). The molecule has 0 unspecified atom stereocenters. The molecule has 3 aromatic heterocycles. The average Bonchev–Trinajstić information content (AvgIpc) is 3.67. The van der Waals surface area contributed by atoms with Crippen molar-refractivity contribution >= 4 is 22.7 Å². The summed E-state index contributed by atoms with van der Waals surface area (Å²) in [6.07, 6.45) is 6.14. The molecule has 0 bridgehead atoms. The first kappa shape index (κ1) is 25.2. The van der Waals surface area contributed by atoms with E-state index in [0.717, 1.165) is 55.1 Å². The molecule has 0 aliphatic heterocycles. The summed E-state index contributed by atoms with van der Waals surface area (Å²) in [6, 6.07) is 14.1. The summed E-state index contributed by atoms with van der Waals surface area (Å²) in [4.78, 5) is 10.9. The molecule has 0 amide bonds. The van der Waals surface area contributed by atoms with Crippen molar-refractivity contribution in [3.63, 3.8) is 0 Å². The van der Waals surface area contributed by atoms with Gasteiger partial charge in [0.25, 0.3) is 0 Å². The SMILES string of the molecule is CNc1ncnc2c1ccn2[C@@H]1C[C@H](CN(CCCNCCc2ccccc2)c2cc[nH]n2)[C@@H](O)[C@H]1O. The number of hydrogen-bond acceptors (Lipinski definition) is 8. The van der Waals surface area contributed by atoms with E-state index in [0.29, 0.717) is 13.0 Å². The van der Waals surface area contributed by atoms with Crippen LogP contribution in [-0.4, -0.2) is 80.4 Å². The Balaban J connectivity index is 1.20. The molecule has 37 heavy (non-hydrogen) atoms. The zero-order valence-electron chi connectivity index (χ0n) is 21.2. The number of fused-ring (bicyclic) bond motifs is 1. The third-order valence-corrected chi connectivity index (χ3v) is 7.35. The maximum absolute atomic E-state index is 11.0. The molecule has 5 N–H and O–H groups in total. The Hall–Kier alpha value is -3.47. The monoisotopic (exact) mass is 504 g/mol. The van der Waals surface area contributed by atoms with Gasteiger partial charge in [0, 0.05) is 44.5 Å². The van der Waals surface area contributed by atoms with Crippen LogP contribution in [-0.2, 0) is 6.42 Å². The number of rotatable bonds is 12. The largest absolute Gasteiger partial charge is 0.390 e. The van der Waals surface area contributed by atoms with Gasteiger partial charge in [0.15, 0.2) is 0 Å². The molecule has 3 heterocycles. The summed E-state index contributed by atoms with van der Waals surface area (Å²) < 4.78 is 1.97. The molecule has 1 saturated carbocycles. The van der Waals surface area contributed by atoms with E-state index in [9.17, 15) is 10.2 Å². The summed E-state index contributed by atoms with van der Waals surface area (Å²) in [5, 5.41) is 36.8. The number of aliphatic hydroxyl groups excluding tert-OH is 2. The van der Waals surface area contributed by atoms with Gasteiger partial charge in [0.2, 0.25) is 0 Å². The maximum atomic E-state index is 11.0. The molecule has 4 aromatic rings. The summed E-state index contributed by atoms with van der Waals surface area (Å²) in [5.41, 5.74) is 2.09. The standard InChI is InChI=1S/C27H36N8O2/c1-28-26-21-10-15-35(27(21)31-18-30-26)22-16-20(24(36)25(22)37)17-34(23-9-13-32-33-23)14-5-11-29-12-8-19-6-3-2-4-7-19/h2-4,6-7,9-10,13,15,18,20,22,24-25,29,36-37H,5,8,11-12,14,16-17H2,1H3,(H,32,33)(H,28,30,31)/t20-,22-,24-,25+/m1/s1. The van der Waals surface area contributed by atoms with Crippen molar-refractivity contribution in [2.75, 3.05) is 43.4 Å². The Bertz CT molecular complexity index is 1250. The first-order chi connectivity index (χ1) is 18.2. The van der Waals surface area contributed by atoms with E-state index in [1.165, 1.54) is 11.9 Å². The van der Waals surface area contributed by atoms with E-state index in [-0.39, 0.29) is 12.0 Å². The van der Waals surface area contributed by atoms with Crippen molar-refractivity contribution < 1.29 is 10.2 Å². The van der Waals surface area contributed by atoms with Gasteiger partial charge in [0.05, 0.1) is 17.5 Å².